The molecule has 24 heavy (non-hydrogen) atoms. The van der Waals surface area contributed by atoms with Crippen LogP contribution in [0.4, 0.5) is 0 Å². The highest BCUT2D eigenvalue weighted by Crippen LogP contribution is 2.20. The van der Waals surface area contributed by atoms with Gasteiger partial charge in [0.1, 0.15) is 17.1 Å². The smallest absolute Gasteiger partial charge is 0.306 e. The van der Waals surface area contributed by atoms with Crippen LogP contribution in [0.5, 0.6) is 11.5 Å². The molecule has 5 heteroatoms. The highest BCUT2D eigenvalue weighted by molar-refractivity contribution is 5.69. The van der Waals surface area contributed by atoms with Crippen molar-refractivity contribution in [1.29, 1.82) is 0 Å². The summed E-state index contributed by atoms with van der Waals surface area (Å²) in [6.07, 6.45) is 3.64. The molecule has 0 aliphatic rings. The number of esters is 1. The normalized spacial score (nSPS) is 11.2. The highest BCUT2D eigenvalue weighted by Gasteiger charge is 2.15. The predicted molar refractivity (Wildman–Crippen MR) is 93.4 cm³/mol. The van der Waals surface area contributed by atoms with E-state index in [4.69, 9.17) is 19.3 Å². The van der Waals surface area contributed by atoms with Crippen molar-refractivity contribution in [2.45, 2.75) is 58.5 Å². The molecule has 1 rings (SSSR count). The summed E-state index contributed by atoms with van der Waals surface area (Å²) < 4.78 is 16.6. The Morgan fingerprint density at radius 3 is 2.21 bits per heavy atom. The first-order valence-corrected chi connectivity index (χ1v) is 8.59. The summed E-state index contributed by atoms with van der Waals surface area (Å²) in [5, 5.41) is 8.73. The van der Waals surface area contributed by atoms with E-state index in [1.54, 1.807) is 0 Å². The van der Waals surface area contributed by atoms with Gasteiger partial charge in [0.25, 0.3) is 0 Å². The van der Waals surface area contributed by atoms with Gasteiger partial charge in [0, 0.05) is 19.1 Å². The van der Waals surface area contributed by atoms with Gasteiger partial charge in [-0.1, -0.05) is 6.07 Å². The van der Waals surface area contributed by atoms with E-state index in [-0.39, 0.29) is 12.6 Å². The van der Waals surface area contributed by atoms with Crippen LogP contribution in [0, 0.1) is 0 Å². The zero-order valence-corrected chi connectivity index (χ0v) is 15.0. The Balaban J connectivity index is 2.23. The molecule has 1 aromatic rings. The molecule has 0 unspecified atom stereocenters. The highest BCUT2D eigenvalue weighted by atomic mass is 16.6. The summed E-state index contributed by atoms with van der Waals surface area (Å²) >= 11 is 0. The third-order valence-corrected chi connectivity index (χ3v) is 3.09. The molecule has 136 valence electrons. The van der Waals surface area contributed by atoms with E-state index in [1.165, 1.54) is 0 Å². The van der Waals surface area contributed by atoms with Crippen molar-refractivity contribution in [2.75, 3.05) is 19.8 Å². The van der Waals surface area contributed by atoms with Gasteiger partial charge in [-0.25, -0.2) is 0 Å². The molecule has 0 atom stereocenters. The maximum Gasteiger partial charge on any atom is 0.306 e. The van der Waals surface area contributed by atoms with Crippen molar-refractivity contribution >= 4 is 5.97 Å². The van der Waals surface area contributed by atoms with Gasteiger partial charge in [-0.15, -0.1) is 0 Å². The zero-order chi connectivity index (χ0) is 17.8. The number of rotatable bonds is 11. The van der Waals surface area contributed by atoms with Gasteiger partial charge in [0.05, 0.1) is 13.2 Å². The summed E-state index contributed by atoms with van der Waals surface area (Å²) in [7, 11) is 0. The van der Waals surface area contributed by atoms with E-state index < -0.39 is 5.60 Å². The lowest BCUT2D eigenvalue weighted by Crippen LogP contribution is -2.23. The molecule has 0 fully saturated rings. The summed E-state index contributed by atoms with van der Waals surface area (Å²) in [6.45, 7) is 6.89. The van der Waals surface area contributed by atoms with Gasteiger partial charge >= 0.3 is 5.97 Å². The Labute approximate surface area is 144 Å². The van der Waals surface area contributed by atoms with Gasteiger partial charge in [-0.3, -0.25) is 4.79 Å². The number of aliphatic hydroxyl groups excluding tert-OH is 1. The number of hydrogen-bond acceptors (Lipinski definition) is 5. The molecular weight excluding hydrogens is 308 g/mol. The molecule has 5 nitrogen and oxygen atoms in total. The van der Waals surface area contributed by atoms with E-state index in [0.717, 1.165) is 30.8 Å². The molecule has 0 aliphatic heterocycles. The van der Waals surface area contributed by atoms with Crippen LogP contribution in [0.3, 0.4) is 0 Å². The van der Waals surface area contributed by atoms with Crippen LogP contribution in [0.15, 0.2) is 24.3 Å². The Hall–Kier alpha value is -1.75. The Morgan fingerprint density at radius 2 is 1.62 bits per heavy atom. The quantitative estimate of drug-likeness (QED) is 0.492. The lowest BCUT2D eigenvalue weighted by molar-refractivity contribution is -0.155. The first-order valence-electron chi connectivity index (χ1n) is 8.59. The molecule has 0 radical (unpaired) electrons. The third kappa shape index (κ3) is 10.1. The largest absolute Gasteiger partial charge is 0.493 e. The second kappa shape index (κ2) is 10.9. The van der Waals surface area contributed by atoms with Crippen LogP contribution in [0.25, 0.3) is 0 Å². The van der Waals surface area contributed by atoms with Gasteiger partial charge in [0.15, 0.2) is 0 Å². The summed E-state index contributed by atoms with van der Waals surface area (Å²) in [5.41, 5.74) is -0.444. The fourth-order valence-electron chi connectivity index (χ4n) is 2.03. The molecule has 0 bridgehead atoms. The molecule has 0 amide bonds. The number of benzene rings is 1. The minimum Gasteiger partial charge on any atom is -0.493 e. The van der Waals surface area contributed by atoms with Crippen molar-refractivity contribution < 1.29 is 24.1 Å². The first kappa shape index (κ1) is 20.3. The second-order valence-electron chi connectivity index (χ2n) is 6.65. The average molecular weight is 338 g/mol. The fourth-order valence-corrected chi connectivity index (χ4v) is 2.03. The number of ether oxygens (including phenoxy) is 3. The van der Waals surface area contributed by atoms with E-state index in [0.29, 0.717) is 26.1 Å². The molecule has 0 saturated heterocycles. The van der Waals surface area contributed by atoms with Crippen LogP contribution < -0.4 is 9.47 Å². The Bertz CT molecular complexity index is 479. The fraction of sp³-hybridized carbons (Fsp3) is 0.632. The van der Waals surface area contributed by atoms with Gasteiger partial charge < -0.3 is 19.3 Å². The standard InChI is InChI=1S/C19H30O5/c1-19(2,3)24-18(21)11-8-14-23-17-10-7-9-16(15-17)22-13-6-4-5-12-20/h7,9-10,15,20H,4-6,8,11-14H2,1-3H3. The van der Waals surface area contributed by atoms with Gasteiger partial charge in [0.2, 0.25) is 0 Å². The monoisotopic (exact) mass is 338 g/mol. The predicted octanol–water partition coefficient (Wildman–Crippen LogP) is 3.73. The first-order chi connectivity index (χ1) is 11.4. The number of carbonyl (C=O) groups excluding carboxylic acids is 1. The van der Waals surface area contributed by atoms with Crippen molar-refractivity contribution in [3.63, 3.8) is 0 Å². The number of unbranched alkanes of at least 4 members (excludes halogenated alkanes) is 2. The van der Waals surface area contributed by atoms with Crippen LogP contribution in [-0.4, -0.2) is 36.5 Å². The van der Waals surface area contributed by atoms with Gasteiger partial charge in [-0.2, -0.15) is 0 Å². The van der Waals surface area contributed by atoms with Crippen molar-refractivity contribution in [3.8, 4) is 11.5 Å². The van der Waals surface area contributed by atoms with Crippen LogP contribution in [0.2, 0.25) is 0 Å². The van der Waals surface area contributed by atoms with Crippen molar-refractivity contribution in [3.05, 3.63) is 24.3 Å². The molecule has 1 N–H and O–H groups in total. The third-order valence-electron chi connectivity index (χ3n) is 3.09. The second-order valence-corrected chi connectivity index (χ2v) is 6.65. The van der Waals surface area contributed by atoms with E-state index in [2.05, 4.69) is 0 Å². The van der Waals surface area contributed by atoms with Crippen LogP contribution in [-0.2, 0) is 9.53 Å². The minimum atomic E-state index is -0.444. The summed E-state index contributed by atoms with van der Waals surface area (Å²) in [4.78, 5) is 11.6. The molecule has 1 aromatic carbocycles. The van der Waals surface area contributed by atoms with E-state index >= 15 is 0 Å². The summed E-state index contributed by atoms with van der Waals surface area (Å²) in [5.74, 6) is 1.29. The Kier molecular flexibility index (Phi) is 9.23. The molecule has 0 saturated carbocycles. The maximum absolute atomic E-state index is 11.6. The molecule has 0 aromatic heterocycles. The minimum absolute atomic E-state index is 0.203. The van der Waals surface area contributed by atoms with Crippen LogP contribution >= 0.6 is 0 Å². The van der Waals surface area contributed by atoms with Crippen molar-refractivity contribution in [2.24, 2.45) is 0 Å². The maximum atomic E-state index is 11.6. The molecular formula is C19H30O5. The number of carbonyl (C=O) groups is 1. The summed E-state index contributed by atoms with van der Waals surface area (Å²) in [6, 6.07) is 7.48. The SMILES string of the molecule is CC(C)(C)OC(=O)CCCOc1cccc(OCCCCCO)c1. The molecule has 0 aliphatic carbocycles. The van der Waals surface area contributed by atoms with E-state index in [1.807, 2.05) is 45.0 Å². The number of aliphatic hydroxyl groups is 1. The van der Waals surface area contributed by atoms with Crippen LogP contribution in [0.1, 0.15) is 52.9 Å². The zero-order valence-electron chi connectivity index (χ0n) is 15.0. The molecule has 0 spiro atoms. The average Bonchev–Trinajstić information content (AvgIpc) is 2.50. The lowest BCUT2D eigenvalue weighted by Gasteiger charge is -2.19. The number of hydrogen-bond donors (Lipinski definition) is 1. The van der Waals surface area contributed by atoms with E-state index in [9.17, 15) is 4.79 Å². The Morgan fingerprint density at radius 1 is 1.00 bits per heavy atom. The molecule has 0 heterocycles. The van der Waals surface area contributed by atoms with Gasteiger partial charge in [-0.05, 0) is 58.6 Å². The topological polar surface area (TPSA) is 65.0 Å². The lowest BCUT2D eigenvalue weighted by atomic mass is 10.2. The van der Waals surface area contributed by atoms with Crippen molar-refractivity contribution in [1.82, 2.24) is 0 Å².